The number of hydrogen-bond acceptors (Lipinski definition) is 5. The van der Waals surface area contributed by atoms with Crippen LogP contribution in [0.5, 0.6) is 0 Å². The fraction of sp³-hybridized carbons (Fsp3) is 0.0303. The van der Waals surface area contributed by atoms with E-state index in [1.54, 1.807) is 0 Å². The Hall–Kier alpha value is -9.72. The molecule has 342 valence electrons. The van der Waals surface area contributed by atoms with Crippen molar-refractivity contribution in [1.82, 2.24) is 29.1 Å². The molecule has 0 fully saturated rings. The molecule has 0 N–H and O–H groups in total. The van der Waals surface area contributed by atoms with Crippen molar-refractivity contribution in [3.05, 3.63) is 230 Å². The van der Waals surface area contributed by atoms with E-state index < -0.39 is 0 Å². The minimum Gasteiger partial charge on any atom is -0.456 e. The smallest absolute Gasteiger partial charge is 0.165 e. The third-order valence-corrected chi connectivity index (χ3v) is 15.0. The highest BCUT2D eigenvalue weighted by Crippen LogP contribution is 2.49. The van der Waals surface area contributed by atoms with Gasteiger partial charge in [0.1, 0.15) is 17.0 Å². The molecule has 73 heavy (non-hydrogen) atoms. The Morgan fingerprint density at radius 3 is 1.44 bits per heavy atom. The summed E-state index contributed by atoms with van der Waals surface area (Å²) < 4.78 is 11.1. The molecule has 0 saturated heterocycles. The number of fused-ring (bicyclic) bond motifs is 12. The standard InChI is InChI=1S/C66H42N6O/c1-39-40(2)62-60(59-49-29-13-16-32-53(49)71(61(39)59)57-35-19-31-52(67-57)43-36-37-56-51(38-43)44-24-15-18-34-55(44)73-56)50-30-14-17-33-54(50)72(62)63-47-27-11-9-25-45(47)58(46-26-10-12-28-48(46)63)66-69-64(41-20-5-3-6-21-41)68-65(70-66)42-22-7-4-8-23-42/h3-38H,1-2H3. The lowest BCUT2D eigenvalue weighted by atomic mass is 9.93. The van der Waals surface area contributed by atoms with E-state index in [1.165, 1.54) is 38.2 Å². The zero-order valence-electron chi connectivity index (χ0n) is 39.9. The van der Waals surface area contributed by atoms with Crippen LogP contribution in [0.25, 0.3) is 144 Å². The third kappa shape index (κ3) is 6.12. The van der Waals surface area contributed by atoms with Crippen molar-refractivity contribution < 1.29 is 4.42 Å². The lowest BCUT2D eigenvalue weighted by Crippen LogP contribution is -2.04. The lowest BCUT2D eigenvalue weighted by molar-refractivity contribution is 0.669. The largest absolute Gasteiger partial charge is 0.456 e. The van der Waals surface area contributed by atoms with E-state index in [1.807, 2.05) is 48.5 Å². The SMILES string of the molecule is Cc1c(C)c2c(c3ccccc3n2-c2c3ccccc3c(-c3nc(-c4ccccc4)nc(-c4ccccc4)n3)c3ccccc23)c2c3ccccc3n(-c3cccc(-c4ccc5oc6ccccc6c5c4)n3)c12. The maximum Gasteiger partial charge on any atom is 0.165 e. The minimum absolute atomic E-state index is 0.628. The second kappa shape index (κ2) is 15.9. The molecule has 0 radical (unpaired) electrons. The van der Waals surface area contributed by atoms with Gasteiger partial charge in [0.2, 0.25) is 0 Å². The van der Waals surface area contributed by atoms with Gasteiger partial charge in [-0.05, 0) is 84.3 Å². The van der Waals surface area contributed by atoms with E-state index in [9.17, 15) is 0 Å². The first-order valence-electron chi connectivity index (χ1n) is 24.7. The first kappa shape index (κ1) is 41.1. The molecular formula is C66H42N6O. The minimum atomic E-state index is 0.628. The predicted molar refractivity (Wildman–Crippen MR) is 300 cm³/mol. The average molecular weight is 935 g/mol. The molecule has 5 aromatic heterocycles. The molecule has 0 spiro atoms. The molecule has 0 aliphatic carbocycles. The molecule has 7 nitrogen and oxygen atoms in total. The number of benzene rings is 10. The van der Waals surface area contributed by atoms with E-state index in [0.29, 0.717) is 17.5 Å². The van der Waals surface area contributed by atoms with Gasteiger partial charge in [-0.15, -0.1) is 0 Å². The summed E-state index contributed by atoms with van der Waals surface area (Å²) in [7, 11) is 0. The predicted octanol–water partition coefficient (Wildman–Crippen LogP) is 17.0. The molecule has 15 aromatic rings. The Balaban J connectivity index is 1.01. The fourth-order valence-electron chi connectivity index (χ4n) is 11.6. The molecule has 0 saturated carbocycles. The Kier molecular flexibility index (Phi) is 8.95. The van der Waals surface area contributed by atoms with Crippen LogP contribution in [0.3, 0.4) is 0 Å². The van der Waals surface area contributed by atoms with Crippen molar-refractivity contribution in [2.24, 2.45) is 0 Å². The summed E-state index contributed by atoms with van der Waals surface area (Å²) in [4.78, 5) is 21.2. The van der Waals surface area contributed by atoms with Gasteiger partial charge >= 0.3 is 0 Å². The molecule has 0 aliphatic rings. The molecule has 0 unspecified atom stereocenters. The molecule has 5 heterocycles. The molecular weight excluding hydrogens is 893 g/mol. The summed E-state index contributed by atoms with van der Waals surface area (Å²) in [5.74, 6) is 2.75. The Bertz CT molecular complexity index is 4640. The molecule has 0 atom stereocenters. The van der Waals surface area contributed by atoms with Crippen LogP contribution in [-0.4, -0.2) is 29.1 Å². The van der Waals surface area contributed by atoms with E-state index in [4.69, 9.17) is 24.4 Å². The number of hydrogen-bond donors (Lipinski definition) is 0. The average Bonchev–Trinajstić information content (AvgIpc) is 4.12. The van der Waals surface area contributed by atoms with Gasteiger partial charge < -0.3 is 8.98 Å². The number of aromatic nitrogens is 6. The maximum absolute atomic E-state index is 6.21. The summed E-state index contributed by atoms with van der Waals surface area (Å²) in [5, 5.41) is 11.3. The zero-order chi connectivity index (χ0) is 48.3. The summed E-state index contributed by atoms with van der Waals surface area (Å²) >= 11 is 0. The van der Waals surface area contributed by atoms with Crippen LogP contribution in [-0.2, 0) is 0 Å². The monoisotopic (exact) mass is 934 g/mol. The molecule has 0 amide bonds. The molecule has 0 aliphatic heterocycles. The van der Waals surface area contributed by atoms with Gasteiger partial charge in [0, 0.05) is 65.3 Å². The van der Waals surface area contributed by atoms with E-state index >= 15 is 0 Å². The number of nitrogens with zero attached hydrogens (tertiary/aromatic N) is 6. The van der Waals surface area contributed by atoms with E-state index in [0.717, 1.165) is 99.5 Å². The highest BCUT2D eigenvalue weighted by Gasteiger charge is 2.28. The van der Waals surface area contributed by atoms with E-state index in [2.05, 4.69) is 193 Å². The molecule has 7 heteroatoms. The van der Waals surface area contributed by atoms with Gasteiger partial charge in [-0.3, -0.25) is 4.57 Å². The van der Waals surface area contributed by atoms with Crippen LogP contribution in [0.2, 0.25) is 0 Å². The summed E-state index contributed by atoms with van der Waals surface area (Å²) in [6.07, 6.45) is 0. The maximum atomic E-state index is 6.21. The van der Waals surface area contributed by atoms with Crippen molar-refractivity contribution in [3.8, 4) is 56.9 Å². The fourth-order valence-corrected chi connectivity index (χ4v) is 11.6. The van der Waals surface area contributed by atoms with Crippen molar-refractivity contribution in [1.29, 1.82) is 0 Å². The van der Waals surface area contributed by atoms with Gasteiger partial charge in [-0.25, -0.2) is 19.9 Å². The number of rotatable bonds is 6. The Morgan fingerprint density at radius 1 is 0.342 bits per heavy atom. The molecule has 15 rings (SSSR count). The van der Waals surface area contributed by atoms with Crippen LogP contribution in [0.4, 0.5) is 0 Å². The third-order valence-electron chi connectivity index (χ3n) is 15.0. The molecule has 10 aromatic carbocycles. The van der Waals surface area contributed by atoms with Crippen molar-refractivity contribution >= 4 is 87.1 Å². The van der Waals surface area contributed by atoms with Crippen LogP contribution in [0.1, 0.15) is 11.1 Å². The topological polar surface area (TPSA) is 74.6 Å². The summed E-state index contributed by atoms with van der Waals surface area (Å²) in [6.45, 7) is 4.58. The van der Waals surface area contributed by atoms with Gasteiger partial charge in [0.15, 0.2) is 17.5 Å². The lowest BCUT2D eigenvalue weighted by Gasteiger charge is -2.20. The Morgan fingerprint density at radius 2 is 0.822 bits per heavy atom. The van der Waals surface area contributed by atoms with Gasteiger partial charge in [0.05, 0.1) is 33.4 Å². The number of furan rings is 1. The van der Waals surface area contributed by atoms with E-state index in [-0.39, 0.29) is 0 Å². The van der Waals surface area contributed by atoms with Gasteiger partial charge in [-0.2, -0.15) is 0 Å². The first-order valence-corrected chi connectivity index (χ1v) is 24.7. The first-order chi connectivity index (χ1) is 36.1. The van der Waals surface area contributed by atoms with Crippen LogP contribution < -0.4 is 0 Å². The van der Waals surface area contributed by atoms with Crippen LogP contribution in [0.15, 0.2) is 223 Å². The number of pyridine rings is 1. The summed E-state index contributed by atoms with van der Waals surface area (Å²) in [6, 6.07) is 76.6. The second-order valence-corrected chi connectivity index (χ2v) is 18.9. The zero-order valence-corrected chi connectivity index (χ0v) is 39.9. The highest BCUT2D eigenvalue weighted by atomic mass is 16.3. The summed E-state index contributed by atoms with van der Waals surface area (Å²) in [5.41, 5.74) is 14.6. The Labute approximate surface area is 418 Å². The van der Waals surface area contributed by atoms with Gasteiger partial charge in [-0.1, -0.05) is 170 Å². The van der Waals surface area contributed by atoms with Gasteiger partial charge in [0.25, 0.3) is 0 Å². The van der Waals surface area contributed by atoms with Crippen molar-refractivity contribution in [2.45, 2.75) is 13.8 Å². The number of para-hydroxylation sites is 3. The normalized spacial score (nSPS) is 12.0. The second-order valence-electron chi connectivity index (χ2n) is 18.9. The number of aryl methyl sites for hydroxylation is 2. The van der Waals surface area contributed by atoms with Crippen LogP contribution >= 0.6 is 0 Å². The molecule has 0 bridgehead atoms. The van der Waals surface area contributed by atoms with Crippen LogP contribution in [0, 0.1) is 13.8 Å². The quantitative estimate of drug-likeness (QED) is 0.155. The highest BCUT2D eigenvalue weighted by molar-refractivity contribution is 6.31. The van der Waals surface area contributed by atoms with Crippen molar-refractivity contribution in [2.75, 3.05) is 0 Å². The van der Waals surface area contributed by atoms with Crippen molar-refractivity contribution in [3.63, 3.8) is 0 Å².